The smallest absolute Gasteiger partial charge is 0.0740 e. The van der Waals surface area contributed by atoms with Crippen molar-refractivity contribution in [3.8, 4) is 0 Å². The van der Waals surface area contributed by atoms with Crippen LogP contribution in [0.3, 0.4) is 0 Å². The summed E-state index contributed by atoms with van der Waals surface area (Å²) in [5, 5.41) is 0. The largest absolute Gasteiger partial charge is 0.393 e. The number of hydrogen-bond acceptors (Lipinski definition) is 2. The molecule has 0 amide bonds. The Labute approximate surface area is 125 Å². The van der Waals surface area contributed by atoms with E-state index in [0.717, 1.165) is 19.0 Å². The molecule has 1 rings (SSSR count). The SMILES string of the molecule is CCCCCCCCCCN(CCC(N)=S)C1CC1. The van der Waals surface area contributed by atoms with Gasteiger partial charge in [-0.25, -0.2) is 0 Å². The van der Waals surface area contributed by atoms with E-state index < -0.39 is 0 Å². The minimum atomic E-state index is 0.668. The summed E-state index contributed by atoms with van der Waals surface area (Å²) in [4.78, 5) is 3.28. The Morgan fingerprint density at radius 1 is 1.00 bits per heavy atom. The third kappa shape index (κ3) is 9.39. The molecule has 0 unspecified atom stereocenters. The van der Waals surface area contributed by atoms with Crippen molar-refractivity contribution in [1.82, 2.24) is 4.90 Å². The summed E-state index contributed by atoms with van der Waals surface area (Å²) in [6.07, 6.45) is 14.9. The van der Waals surface area contributed by atoms with Crippen molar-refractivity contribution in [2.24, 2.45) is 5.73 Å². The molecule has 0 atom stereocenters. The third-order valence-electron chi connectivity index (χ3n) is 4.01. The summed E-state index contributed by atoms with van der Waals surface area (Å²) in [7, 11) is 0. The maximum Gasteiger partial charge on any atom is 0.0740 e. The van der Waals surface area contributed by atoms with Crippen molar-refractivity contribution >= 4 is 17.2 Å². The van der Waals surface area contributed by atoms with Crippen molar-refractivity contribution in [3.63, 3.8) is 0 Å². The molecule has 0 heterocycles. The summed E-state index contributed by atoms with van der Waals surface area (Å²) < 4.78 is 0. The average Bonchev–Trinajstić information content (AvgIpc) is 3.20. The molecule has 0 aromatic rings. The molecule has 0 spiro atoms. The number of hydrogen-bond donors (Lipinski definition) is 1. The zero-order valence-electron chi connectivity index (χ0n) is 12.7. The Bertz CT molecular complexity index is 239. The Morgan fingerprint density at radius 3 is 2.11 bits per heavy atom. The van der Waals surface area contributed by atoms with E-state index in [0.29, 0.717) is 4.99 Å². The van der Waals surface area contributed by atoms with E-state index in [4.69, 9.17) is 18.0 Å². The van der Waals surface area contributed by atoms with Crippen molar-refractivity contribution in [1.29, 1.82) is 0 Å². The lowest BCUT2D eigenvalue weighted by molar-refractivity contribution is 0.264. The first-order chi connectivity index (χ1) is 9.24. The van der Waals surface area contributed by atoms with Crippen molar-refractivity contribution < 1.29 is 0 Å². The van der Waals surface area contributed by atoms with E-state index >= 15 is 0 Å². The van der Waals surface area contributed by atoms with Gasteiger partial charge in [-0.05, 0) is 25.8 Å². The predicted octanol–water partition coefficient (Wildman–Crippen LogP) is 4.27. The van der Waals surface area contributed by atoms with Gasteiger partial charge in [-0.2, -0.15) is 0 Å². The van der Waals surface area contributed by atoms with Crippen LogP contribution in [0.15, 0.2) is 0 Å². The van der Waals surface area contributed by atoms with E-state index in [1.807, 2.05) is 0 Å². The molecule has 0 aromatic heterocycles. The summed E-state index contributed by atoms with van der Waals surface area (Å²) >= 11 is 4.98. The first-order valence-electron chi connectivity index (χ1n) is 8.26. The molecule has 1 aliphatic rings. The zero-order chi connectivity index (χ0) is 13.9. The molecule has 0 saturated heterocycles. The molecule has 2 N–H and O–H groups in total. The summed E-state index contributed by atoms with van der Waals surface area (Å²) in [6, 6.07) is 0.846. The fourth-order valence-corrected chi connectivity index (χ4v) is 2.71. The molecular formula is C16H32N2S. The molecule has 0 bridgehead atoms. The van der Waals surface area contributed by atoms with Gasteiger partial charge in [0.15, 0.2) is 0 Å². The molecule has 0 radical (unpaired) electrons. The lowest BCUT2D eigenvalue weighted by atomic mass is 10.1. The molecule has 1 fully saturated rings. The average molecular weight is 285 g/mol. The van der Waals surface area contributed by atoms with Gasteiger partial charge < -0.3 is 5.73 Å². The van der Waals surface area contributed by atoms with Crippen molar-refractivity contribution in [3.05, 3.63) is 0 Å². The van der Waals surface area contributed by atoms with Crippen molar-refractivity contribution in [2.45, 2.75) is 83.6 Å². The van der Waals surface area contributed by atoms with Gasteiger partial charge in [0.05, 0.1) is 4.99 Å². The Balaban J connectivity index is 1.94. The van der Waals surface area contributed by atoms with Crippen LogP contribution < -0.4 is 5.73 Å². The van der Waals surface area contributed by atoms with Crippen LogP contribution >= 0.6 is 12.2 Å². The van der Waals surface area contributed by atoms with Gasteiger partial charge in [0.1, 0.15) is 0 Å². The molecule has 1 aliphatic carbocycles. The highest BCUT2D eigenvalue weighted by molar-refractivity contribution is 7.80. The predicted molar refractivity (Wildman–Crippen MR) is 88.6 cm³/mol. The monoisotopic (exact) mass is 284 g/mol. The van der Waals surface area contributed by atoms with E-state index in [2.05, 4.69) is 11.8 Å². The highest BCUT2D eigenvalue weighted by Gasteiger charge is 2.27. The topological polar surface area (TPSA) is 29.3 Å². The Kier molecular flexibility index (Phi) is 9.44. The number of nitrogens with two attached hydrogens (primary N) is 1. The van der Waals surface area contributed by atoms with Crippen LogP contribution in [-0.2, 0) is 0 Å². The summed E-state index contributed by atoms with van der Waals surface area (Å²) in [6.45, 7) is 4.61. The van der Waals surface area contributed by atoms with Crippen LogP contribution in [0, 0.1) is 0 Å². The normalized spacial score (nSPS) is 15.1. The molecule has 2 nitrogen and oxygen atoms in total. The lowest BCUT2D eigenvalue weighted by Gasteiger charge is -2.21. The molecule has 112 valence electrons. The van der Waals surface area contributed by atoms with Crippen molar-refractivity contribution in [2.75, 3.05) is 13.1 Å². The molecule has 19 heavy (non-hydrogen) atoms. The zero-order valence-corrected chi connectivity index (χ0v) is 13.5. The number of unbranched alkanes of at least 4 members (excludes halogenated alkanes) is 7. The van der Waals surface area contributed by atoms with Crippen LogP contribution in [0.4, 0.5) is 0 Å². The Morgan fingerprint density at radius 2 is 1.58 bits per heavy atom. The number of rotatable bonds is 13. The maximum atomic E-state index is 5.60. The highest BCUT2D eigenvalue weighted by atomic mass is 32.1. The van der Waals surface area contributed by atoms with Crippen LogP contribution in [0.25, 0.3) is 0 Å². The van der Waals surface area contributed by atoms with Gasteiger partial charge in [0.2, 0.25) is 0 Å². The number of thiocarbonyl (C=S) groups is 1. The second-order valence-electron chi connectivity index (χ2n) is 5.96. The molecule has 0 aliphatic heterocycles. The van der Waals surface area contributed by atoms with Gasteiger partial charge in [0, 0.05) is 19.0 Å². The second-order valence-corrected chi connectivity index (χ2v) is 6.48. The van der Waals surface area contributed by atoms with Crippen LogP contribution in [0.2, 0.25) is 0 Å². The van der Waals surface area contributed by atoms with Crippen LogP contribution in [0.5, 0.6) is 0 Å². The van der Waals surface area contributed by atoms with E-state index in [9.17, 15) is 0 Å². The van der Waals surface area contributed by atoms with Gasteiger partial charge in [-0.1, -0.05) is 64.1 Å². The van der Waals surface area contributed by atoms with E-state index in [1.54, 1.807) is 0 Å². The molecular weight excluding hydrogens is 252 g/mol. The second kappa shape index (κ2) is 10.6. The molecule has 0 aromatic carbocycles. The van der Waals surface area contributed by atoms with Gasteiger partial charge in [-0.15, -0.1) is 0 Å². The lowest BCUT2D eigenvalue weighted by Crippen LogP contribution is -2.30. The van der Waals surface area contributed by atoms with E-state index in [-0.39, 0.29) is 0 Å². The van der Waals surface area contributed by atoms with Gasteiger partial charge in [-0.3, -0.25) is 4.90 Å². The minimum absolute atomic E-state index is 0.668. The van der Waals surface area contributed by atoms with E-state index in [1.165, 1.54) is 70.8 Å². The summed E-state index contributed by atoms with van der Waals surface area (Å²) in [5.41, 5.74) is 5.60. The van der Waals surface area contributed by atoms with Gasteiger partial charge in [0.25, 0.3) is 0 Å². The number of nitrogens with zero attached hydrogens (tertiary/aromatic N) is 1. The molecule has 3 heteroatoms. The molecule has 1 saturated carbocycles. The fourth-order valence-electron chi connectivity index (χ4n) is 2.62. The minimum Gasteiger partial charge on any atom is -0.393 e. The van der Waals surface area contributed by atoms with Gasteiger partial charge >= 0.3 is 0 Å². The first kappa shape index (κ1) is 16.9. The van der Waals surface area contributed by atoms with Crippen LogP contribution in [0.1, 0.15) is 77.6 Å². The summed E-state index contributed by atoms with van der Waals surface area (Å²) in [5.74, 6) is 0. The fraction of sp³-hybridized carbons (Fsp3) is 0.938. The van der Waals surface area contributed by atoms with Crippen LogP contribution in [-0.4, -0.2) is 29.0 Å². The Hall–Kier alpha value is -0.150. The maximum absolute atomic E-state index is 5.60. The quantitative estimate of drug-likeness (QED) is 0.404. The first-order valence-corrected chi connectivity index (χ1v) is 8.67. The third-order valence-corrected chi connectivity index (χ3v) is 4.21. The highest BCUT2D eigenvalue weighted by Crippen LogP contribution is 2.27. The standard InChI is InChI=1S/C16H32N2S/c1-2-3-4-5-6-7-8-9-13-18(15-10-11-15)14-12-16(17)19/h15H,2-14H2,1H3,(H2,17,19).